The van der Waals surface area contributed by atoms with Crippen LogP contribution in [0.5, 0.6) is 5.75 Å². The van der Waals surface area contributed by atoms with Gasteiger partial charge in [0.15, 0.2) is 0 Å². The fraction of sp³-hybridized carbons (Fsp3) is 0.333. The van der Waals surface area contributed by atoms with E-state index in [4.69, 9.17) is 15.3 Å². The smallest absolute Gasteiger partial charge is 0.309 e. The summed E-state index contributed by atoms with van der Waals surface area (Å²) in [6, 6.07) is 7.25. The Morgan fingerprint density at radius 3 is 2.71 bits per heavy atom. The summed E-state index contributed by atoms with van der Waals surface area (Å²) in [4.78, 5) is 11.0. The van der Waals surface area contributed by atoms with Crippen molar-refractivity contribution >= 4 is 12.2 Å². The number of hydrazone groups is 1. The van der Waals surface area contributed by atoms with Gasteiger partial charge in [-0.05, 0) is 36.8 Å². The number of nitrogens with two attached hydrogens (primary N) is 1. The van der Waals surface area contributed by atoms with Gasteiger partial charge in [-0.25, -0.2) is 0 Å². The Kier molecular flexibility index (Phi) is 5.57. The lowest BCUT2D eigenvalue weighted by atomic mass is 10.2. The van der Waals surface area contributed by atoms with Crippen LogP contribution in [0.25, 0.3) is 0 Å². The van der Waals surface area contributed by atoms with Crippen LogP contribution in [0, 0.1) is 0 Å². The Bertz CT molecular complexity index is 374. The maximum absolute atomic E-state index is 11.0. The minimum Gasteiger partial charge on any atom is -0.493 e. The molecule has 0 aliphatic heterocycles. The van der Waals surface area contributed by atoms with Crippen molar-refractivity contribution < 1.29 is 14.3 Å². The van der Waals surface area contributed by atoms with Gasteiger partial charge in [0.1, 0.15) is 5.75 Å². The number of rotatable bonds is 6. The number of hydrogen-bond acceptors (Lipinski definition) is 5. The molecule has 0 spiro atoms. The van der Waals surface area contributed by atoms with Crippen molar-refractivity contribution in [2.75, 3.05) is 13.2 Å². The predicted molar refractivity (Wildman–Crippen MR) is 65.0 cm³/mol. The van der Waals surface area contributed by atoms with Crippen LogP contribution in [0.1, 0.15) is 18.9 Å². The molecule has 0 fully saturated rings. The minimum atomic E-state index is -0.251. The first-order valence-electron chi connectivity index (χ1n) is 5.38. The summed E-state index contributed by atoms with van der Waals surface area (Å²) in [5.74, 6) is 5.47. The molecule has 1 aromatic rings. The van der Waals surface area contributed by atoms with E-state index in [1.165, 1.54) is 0 Å². The normalized spacial score (nSPS) is 10.4. The van der Waals surface area contributed by atoms with Gasteiger partial charge in [-0.3, -0.25) is 4.79 Å². The van der Waals surface area contributed by atoms with E-state index >= 15 is 0 Å². The van der Waals surface area contributed by atoms with Gasteiger partial charge in [-0.15, -0.1) is 0 Å². The highest BCUT2D eigenvalue weighted by Gasteiger charge is 2.01. The third kappa shape index (κ3) is 5.01. The quantitative estimate of drug-likeness (QED) is 0.350. The summed E-state index contributed by atoms with van der Waals surface area (Å²) in [6.45, 7) is 2.48. The average Bonchev–Trinajstić information content (AvgIpc) is 2.32. The highest BCUT2D eigenvalue weighted by molar-refractivity contribution is 5.79. The van der Waals surface area contributed by atoms with Crippen molar-refractivity contribution in [1.29, 1.82) is 0 Å². The zero-order chi connectivity index (χ0) is 12.5. The maximum Gasteiger partial charge on any atom is 0.309 e. The first kappa shape index (κ1) is 13.0. The SMILES string of the molecule is CCOC(=O)CCOc1ccc(C=NN)cc1. The van der Waals surface area contributed by atoms with Crippen LogP contribution in [0.2, 0.25) is 0 Å². The lowest BCUT2D eigenvalue weighted by Crippen LogP contribution is -2.09. The molecule has 0 atom stereocenters. The fourth-order valence-electron chi connectivity index (χ4n) is 1.22. The molecule has 5 nitrogen and oxygen atoms in total. The van der Waals surface area contributed by atoms with Gasteiger partial charge < -0.3 is 15.3 Å². The third-order valence-corrected chi connectivity index (χ3v) is 1.98. The van der Waals surface area contributed by atoms with Gasteiger partial charge in [0.2, 0.25) is 0 Å². The molecule has 0 aliphatic carbocycles. The van der Waals surface area contributed by atoms with E-state index in [2.05, 4.69) is 5.10 Å². The molecule has 1 aromatic carbocycles. The average molecular weight is 236 g/mol. The summed E-state index contributed by atoms with van der Waals surface area (Å²) in [6.07, 6.45) is 1.79. The first-order chi connectivity index (χ1) is 8.26. The van der Waals surface area contributed by atoms with Crippen molar-refractivity contribution in [1.82, 2.24) is 0 Å². The number of nitrogens with zero attached hydrogens (tertiary/aromatic N) is 1. The fourth-order valence-corrected chi connectivity index (χ4v) is 1.22. The molecule has 5 heteroatoms. The Balaban J connectivity index is 2.34. The number of ether oxygens (including phenoxy) is 2. The Hall–Kier alpha value is -2.04. The largest absolute Gasteiger partial charge is 0.493 e. The second-order valence-corrected chi connectivity index (χ2v) is 3.25. The van der Waals surface area contributed by atoms with Gasteiger partial charge in [0.25, 0.3) is 0 Å². The van der Waals surface area contributed by atoms with Gasteiger partial charge in [-0.2, -0.15) is 5.10 Å². The summed E-state index contributed by atoms with van der Waals surface area (Å²) in [7, 11) is 0. The molecule has 92 valence electrons. The van der Waals surface area contributed by atoms with E-state index in [1.54, 1.807) is 25.3 Å². The van der Waals surface area contributed by atoms with Crippen LogP contribution in [-0.2, 0) is 9.53 Å². The molecule has 0 saturated heterocycles. The van der Waals surface area contributed by atoms with E-state index in [1.807, 2.05) is 12.1 Å². The van der Waals surface area contributed by atoms with Crippen LogP contribution in [0.3, 0.4) is 0 Å². The molecule has 0 radical (unpaired) electrons. The van der Waals surface area contributed by atoms with Crippen LogP contribution in [0.15, 0.2) is 29.4 Å². The highest BCUT2D eigenvalue weighted by atomic mass is 16.5. The molecule has 0 heterocycles. The van der Waals surface area contributed by atoms with E-state index in [-0.39, 0.29) is 12.4 Å². The summed E-state index contributed by atoms with van der Waals surface area (Å²) in [5, 5.41) is 3.41. The van der Waals surface area contributed by atoms with E-state index in [9.17, 15) is 4.79 Å². The number of carbonyl (C=O) groups excluding carboxylic acids is 1. The third-order valence-electron chi connectivity index (χ3n) is 1.98. The number of carbonyl (C=O) groups is 1. The first-order valence-corrected chi connectivity index (χ1v) is 5.38. The maximum atomic E-state index is 11.0. The van der Waals surface area contributed by atoms with Crippen molar-refractivity contribution in [3.05, 3.63) is 29.8 Å². The number of benzene rings is 1. The number of hydrogen-bond donors (Lipinski definition) is 1. The summed E-state index contributed by atoms with van der Waals surface area (Å²) in [5.41, 5.74) is 0.894. The van der Waals surface area contributed by atoms with Crippen LogP contribution < -0.4 is 10.6 Å². The molecule has 0 saturated carbocycles. The molecular weight excluding hydrogens is 220 g/mol. The van der Waals surface area contributed by atoms with E-state index in [0.717, 1.165) is 5.56 Å². The standard InChI is InChI=1S/C12H16N2O3/c1-2-16-12(15)7-8-17-11-5-3-10(4-6-11)9-14-13/h3-6,9H,2,7-8,13H2,1H3. The zero-order valence-electron chi connectivity index (χ0n) is 9.76. The zero-order valence-corrected chi connectivity index (χ0v) is 9.76. The lowest BCUT2D eigenvalue weighted by Gasteiger charge is -2.05. The van der Waals surface area contributed by atoms with Crippen molar-refractivity contribution in [3.63, 3.8) is 0 Å². The van der Waals surface area contributed by atoms with Gasteiger partial charge >= 0.3 is 5.97 Å². The highest BCUT2D eigenvalue weighted by Crippen LogP contribution is 2.11. The molecule has 17 heavy (non-hydrogen) atoms. The molecule has 0 unspecified atom stereocenters. The van der Waals surface area contributed by atoms with E-state index < -0.39 is 0 Å². The Labute approximate surface area is 100 Å². The molecular formula is C12H16N2O3. The summed E-state index contributed by atoms with van der Waals surface area (Å²) < 4.78 is 10.2. The van der Waals surface area contributed by atoms with Crippen molar-refractivity contribution in [3.8, 4) is 5.75 Å². The topological polar surface area (TPSA) is 73.9 Å². The predicted octanol–water partition coefficient (Wildman–Crippen LogP) is 1.31. The molecule has 1 rings (SSSR count). The van der Waals surface area contributed by atoms with Crippen molar-refractivity contribution in [2.45, 2.75) is 13.3 Å². The minimum absolute atomic E-state index is 0.250. The molecule has 0 amide bonds. The van der Waals surface area contributed by atoms with Crippen LogP contribution in [0.4, 0.5) is 0 Å². The van der Waals surface area contributed by atoms with Gasteiger partial charge in [-0.1, -0.05) is 0 Å². The van der Waals surface area contributed by atoms with Gasteiger partial charge in [0, 0.05) is 0 Å². The lowest BCUT2D eigenvalue weighted by molar-refractivity contribution is -0.143. The molecule has 0 aliphatic rings. The second kappa shape index (κ2) is 7.27. The number of esters is 1. The Morgan fingerprint density at radius 1 is 1.41 bits per heavy atom. The second-order valence-electron chi connectivity index (χ2n) is 3.25. The molecule has 0 aromatic heterocycles. The van der Waals surface area contributed by atoms with Crippen molar-refractivity contribution in [2.24, 2.45) is 10.9 Å². The monoisotopic (exact) mass is 236 g/mol. The molecule has 2 N–H and O–H groups in total. The van der Waals surface area contributed by atoms with Crippen LogP contribution >= 0.6 is 0 Å². The van der Waals surface area contributed by atoms with E-state index in [0.29, 0.717) is 19.0 Å². The Morgan fingerprint density at radius 2 is 2.12 bits per heavy atom. The summed E-state index contributed by atoms with van der Waals surface area (Å²) >= 11 is 0. The molecule has 0 bridgehead atoms. The van der Waals surface area contributed by atoms with Crippen LogP contribution in [-0.4, -0.2) is 25.4 Å². The van der Waals surface area contributed by atoms with Gasteiger partial charge in [0.05, 0.1) is 25.8 Å².